The van der Waals surface area contributed by atoms with Gasteiger partial charge in [-0.3, -0.25) is 9.59 Å². The SMILES string of the molecule is CC(=O)N1CCN(c2ccc(NC(=O)/C=C/c3ccccc3)cc2)CC1. The van der Waals surface area contributed by atoms with Crippen LogP contribution in [0.15, 0.2) is 60.7 Å². The molecule has 0 aliphatic carbocycles. The number of rotatable bonds is 4. The highest BCUT2D eigenvalue weighted by Crippen LogP contribution is 2.19. The minimum Gasteiger partial charge on any atom is -0.368 e. The van der Waals surface area contributed by atoms with Gasteiger partial charge in [-0.05, 0) is 35.9 Å². The van der Waals surface area contributed by atoms with Crippen LogP contribution < -0.4 is 10.2 Å². The first-order valence-corrected chi connectivity index (χ1v) is 8.76. The molecule has 0 aromatic heterocycles. The van der Waals surface area contributed by atoms with Gasteiger partial charge in [0.1, 0.15) is 0 Å². The molecule has 3 rings (SSSR count). The van der Waals surface area contributed by atoms with Crippen LogP contribution in [0, 0.1) is 0 Å². The van der Waals surface area contributed by atoms with Crippen molar-refractivity contribution in [3.63, 3.8) is 0 Å². The zero-order valence-corrected chi connectivity index (χ0v) is 14.9. The van der Waals surface area contributed by atoms with Crippen molar-refractivity contribution in [1.29, 1.82) is 0 Å². The number of piperazine rings is 1. The van der Waals surface area contributed by atoms with Gasteiger partial charge >= 0.3 is 0 Å². The minimum atomic E-state index is -0.156. The number of carbonyl (C=O) groups excluding carboxylic acids is 2. The van der Waals surface area contributed by atoms with Gasteiger partial charge in [-0.2, -0.15) is 0 Å². The third kappa shape index (κ3) is 4.72. The minimum absolute atomic E-state index is 0.131. The summed E-state index contributed by atoms with van der Waals surface area (Å²) in [6.45, 7) is 4.76. The van der Waals surface area contributed by atoms with Gasteiger partial charge in [-0.1, -0.05) is 30.3 Å². The molecule has 1 saturated heterocycles. The molecule has 2 amide bonds. The van der Waals surface area contributed by atoms with Crippen molar-refractivity contribution in [3.05, 3.63) is 66.2 Å². The van der Waals surface area contributed by atoms with Crippen LogP contribution in [0.4, 0.5) is 11.4 Å². The Hall–Kier alpha value is -3.08. The number of nitrogens with one attached hydrogen (secondary N) is 1. The van der Waals surface area contributed by atoms with Gasteiger partial charge in [0.25, 0.3) is 0 Å². The molecule has 26 heavy (non-hydrogen) atoms. The lowest BCUT2D eigenvalue weighted by Gasteiger charge is -2.35. The summed E-state index contributed by atoms with van der Waals surface area (Å²) in [6.07, 6.45) is 3.32. The van der Waals surface area contributed by atoms with E-state index in [9.17, 15) is 9.59 Å². The standard InChI is InChI=1S/C21H23N3O2/c1-17(25)23-13-15-24(16-14-23)20-10-8-19(9-11-20)22-21(26)12-7-18-5-3-2-4-6-18/h2-12H,13-16H2,1H3,(H,22,26)/b12-7+. The zero-order valence-electron chi connectivity index (χ0n) is 14.9. The molecule has 1 aliphatic heterocycles. The largest absolute Gasteiger partial charge is 0.368 e. The fourth-order valence-corrected chi connectivity index (χ4v) is 2.96. The van der Waals surface area contributed by atoms with Crippen LogP contribution in [0.1, 0.15) is 12.5 Å². The highest BCUT2D eigenvalue weighted by molar-refractivity contribution is 6.02. The van der Waals surface area contributed by atoms with Crippen molar-refractivity contribution < 1.29 is 9.59 Å². The third-order valence-corrected chi connectivity index (χ3v) is 4.45. The van der Waals surface area contributed by atoms with Gasteiger partial charge in [0.15, 0.2) is 0 Å². The molecule has 0 atom stereocenters. The summed E-state index contributed by atoms with van der Waals surface area (Å²) < 4.78 is 0. The summed E-state index contributed by atoms with van der Waals surface area (Å²) >= 11 is 0. The molecule has 1 aliphatic rings. The number of carbonyl (C=O) groups is 2. The third-order valence-electron chi connectivity index (χ3n) is 4.45. The molecule has 1 heterocycles. The van der Waals surface area contributed by atoms with Crippen LogP contribution in [0.25, 0.3) is 6.08 Å². The quantitative estimate of drug-likeness (QED) is 0.864. The molecule has 2 aromatic rings. The summed E-state index contributed by atoms with van der Waals surface area (Å²) in [4.78, 5) is 27.5. The normalized spacial score (nSPS) is 14.5. The Morgan fingerprint density at radius 2 is 1.58 bits per heavy atom. The van der Waals surface area contributed by atoms with E-state index in [4.69, 9.17) is 0 Å². The molecule has 5 heteroatoms. The van der Waals surface area contributed by atoms with Gasteiger partial charge < -0.3 is 15.1 Å². The van der Waals surface area contributed by atoms with Crippen molar-refractivity contribution in [2.24, 2.45) is 0 Å². The van der Waals surface area contributed by atoms with Crippen LogP contribution in [-0.4, -0.2) is 42.9 Å². The Labute approximate surface area is 153 Å². The number of anilines is 2. The van der Waals surface area contributed by atoms with E-state index < -0.39 is 0 Å². The van der Waals surface area contributed by atoms with Crippen molar-refractivity contribution >= 4 is 29.3 Å². The second-order valence-corrected chi connectivity index (χ2v) is 6.27. The molecule has 5 nitrogen and oxygen atoms in total. The molecule has 0 radical (unpaired) electrons. The van der Waals surface area contributed by atoms with E-state index in [0.717, 1.165) is 43.1 Å². The van der Waals surface area contributed by atoms with E-state index in [1.165, 1.54) is 6.08 Å². The lowest BCUT2D eigenvalue weighted by atomic mass is 10.2. The van der Waals surface area contributed by atoms with Crippen molar-refractivity contribution in [2.75, 3.05) is 36.4 Å². The molecular formula is C21H23N3O2. The van der Waals surface area contributed by atoms with E-state index in [-0.39, 0.29) is 11.8 Å². The predicted molar refractivity (Wildman–Crippen MR) is 105 cm³/mol. The number of hydrogen-bond donors (Lipinski definition) is 1. The first kappa shape index (κ1) is 17.7. The van der Waals surface area contributed by atoms with Crippen LogP contribution >= 0.6 is 0 Å². The lowest BCUT2D eigenvalue weighted by Crippen LogP contribution is -2.48. The first-order valence-electron chi connectivity index (χ1n) is 8.76. The van der Waals surface area contributed by atoms with Crippen molar-refractivity contribution in [2.45, 2.75) is 6.92 Å². The van der Waals surface area contributed by atoms with E-state index in [1.807, 2.05) is 59.5 Å². The molecule has 2 aromatic carbocycles. The maximum atomic E-state index is 12.0. The summed E-state index contributed by atoms with van der Waals surface area (Å²) in [5.41, 5.74) is 2.85. The van der Waals surface area contributed by atoms with Crippen LogP contribution in [0.5, 0.6) is 0 Å². The molecule has 0 unspecified atom stereocenters. The number of amides is 2. The highest BCUT2D eigenvalue weighted by Gasteiger charge is 2.18. The summed E-state index contributed by atoms with van der Waals surface area (Å²) in [7, 11) is 0. The number of hydrogen-bond acceptors (Lipinski definition) is 3. The van der Waals surface area contributed by atoms with Crippen LogP contribution in [0.2, 0.25) is 0 Å². The summed E-state index contributed by atoms with van der Waals surface area (Å²) in [6, 6.07) is 17.5. The Morgan fingerprint density at radius 3 is 2.19 bits per heavy atom. The molecule has 134 valence electrons. The van der Waals surface area contributed by atoms with E-state index in [0.29, 0.717) is 0 Å². The first-order chi connectivity index (χ1) is 12.6. The Bertz CT molecular complexity index is 777. The van der Waals surface area contributed by atoms with E-state index in [1.54, 1.807) is 13.0 Å². The monoisotopic (exact) mass is 349 g/mol. The summed E-state index contributed by atoms with van der Waals surface area (Å²) in [5.74, 6) is -0.0251. The molecule has 1 N–H and O–H groups in total. The van der Waals surface area contributed by atoms with Gasteiger partial charge in [-0.25, -0.2) is 0 Å². The van der Waals surface area contributed by atoms with Gasteiger partial charge in [0.2, 0.25) is 11.8 Å². The second-order valence-electron chi connectivity index (χ2n) is 6.27. The maximum Gasteiger partial charge on any atom is 0.248 e. The lowest BCUT2D eigenvalue weighted by molar-refractivity contribution is -0.129. The topological polar surface area (TPSA) is 52.7 Å². The zero-order chi connectivity index (χ0) is 18.4. The molecular weight excluding hydrogens is 326 g/mol. The van der Waals surface area contributed by atoms with E-state index >= 15 is 0 Å². The van der Waals surface area contributed by atoms with Gasteiger partial charge in [0.05, 0.1) is 0 Å². The Kier molecular flexibility index (Phi) is 5.69. The number of nitrogens with zero attached hydrogens (tertiary/aromatic N) is 2. The average Bonchev–Trinajstić information content (AvgIpc) is 2.68. The van der Waals surface area contributed by atoms with Gasteiger partial charge in [0, 0.05) is 50.6 Å². The average molecular weight is 349 g/mol. The second kappa shape index (κ2) is 8.34. The van der Waals surface area contributed by atoms with Gasteiger partial charge in [-0.15, -0.1) is 0 Å². The van der Waals surface area contributed by atoms with Crippen LogP contribution in [-0.2, 0) is 9.59 Å². The van der Waals surface area contributed by atoms with Crippen molar-refractivity contribution in [1.82, 2.24) is 4.90 Å². The molecule has 1 fully saturated rings. The number of benzene rings is 2. The van der Waals surface area contributed by atoms with Crippen molar-refractivity contribution in [3.8, 4) is 0 Å². The fourth-order valence-electron chi connectivity index (χ4n) is 2.96. The molecule has 0 saturated carbocycles. The molecule has 0 bridgehead atoms. The van der Waals surface area contributed by atoms with Crippen LogP contribution in [0.3, 0.4) is 0 Å². The summed E-state index contributed by atoms with van der Waals surface area (Å²) in [5, 5.41) is 2.87. The Balaban J connectivity index is 1.54. The fraction of sp³-hybridized carbons (Fsp3) is 0.238. The maximum absolute atomic E-state index is 12.0. The highest BCUT2D eigenvalue weighted by atomic mass is 16.2. The predicted octanol–water partition coefficient (Wildman–Crippen LogP) is 3.01. The van der Waals surface area contributed by atoms with E-state index in [2.05, 4.69) is 10.2 Å². The smallest absolute Gasteiger partial charge is 0.248 e. The molecule has 0 spiro atoms. The Morgan fingerprint density at radius 1 is 0.923 bits per heavy atom.